The van der Waals surface area contributed by atoms with E-state index in [0.29, 0.717) is 17.8 Å². The summed E-state index contributed by atoms with van der Waals surface area (Å²) in [6.07, 6.45) is 0. The number of aromatic nitrogens is 2. The van der Waals surface area contributed by atoms with Crippen molar-refractivity contribution in [3.8, 4) is 0 Å². The fourth-order valence-electron chi connectivity index (χ4n) is 2.49. The number of rotatable bonds is 7. The topological polar surface area (TPSA) is 92.3 Å². The Bertz CT molecular complexity index is 1040. The summed E-state index contributed by atoms with van der Waals surface area (Å²) in [6, 6.07) is 17.5. The maximum absolute atomic E-state index is 13.2. The lowest BCUT2D eigenvalue weighted by Crippen LogP contribution is -2.34. The molecule has 7 nitrogen and oxygen atoms in total. The van der Waals surface area contributed by atoms with Crippen LogP contribution in [-0.4, -0.2) is 31.1 Å². The molecule has 0 bridgehead atoms. The van der Waals surface area contributed by atoms with Crippen molar-refractivity contribution in [1.29, 1.82) is 0 Å². The van der Waals surface area contributed by atoms with E-state index in [2.05, 4.69) is 15.5 Å². The number of hydrogen-bond acceptors (Lipinski definition) is 6. The van der Waals surface area contributed by atoms with Gasteiger partial charge in [0.15, 0.2) is 0 Å². The van der Waals surface area contributed by atoms with Crippen LogP contribution in [0, 0.1) is 5.92 Å². The normalized spacial score (nSPS) is 11.4. The summed E-state index contributed by atoms with van der Waals surface area (Å²) < 4.78 is 27.5. The number of anilines is 2. The van der Waals surface area contributed by atoms with Crippen LogP contribution in [0.3, 0.4) is 0 Å². The van der Waals surface area contributed by atoms with Crippen LogP contribution in [-0.2, 0) is 10.0 Å². The van der Waals surface area contributed by atoms with Gasteiger partial charge in [-0.05, 0) is 30.2 Å². The minimum Gasteiger partial charge on any atom is -0.296 e. The molecular weight excluding hydrogens is 396 g/mol. The summed E-state index contributed by atoms with van der Waals surface area (Å²) >= 11 is 0.829. The lowest BCUT2D eigenvalue weighted by atomic mass is 10.2. The molecule has 0 saturated heterocycles. The molecule has 0 fully saturated rings. The predicted octanol–water partition coefficient (Wildman–Crippen LogP) is 3.64. The molecule has 0 aliphatic rings. The second-order valence-corrected chi connectivity index (χ2v) is 9.47. The first-order valence-corrected chi connectivity index (χ1v) is 10.9. The highest BCUT2D eigenvalue weighted by atomic mass is 32.2. The minimum absolute atomic E-state index is 0.111. The summed E-state index contributed by atoms with van der Waals surface area (Å²) in [7, 11) is -3.90. The number of amides is 1. The Morgan fingerprint density at radius 1 is 1.04 bits per heavy atom. The van der Waals surface area contributed by atoms with Gasteiger partial charge < -0.3 is 0 Å². The van der Waals surface area contributed by atoms with Crippen molar-refractivity contribution in [3.63, 3.8) is 0 Å². The predicted molar refractivity (Wildman–Crippen MR) is 110 cm³/mol. The second-order valence-electron chi connectivity index (χ2n) is 6.46. The molecule has 1 amide bonds. The molecule has 3 aromatic rings. The second kappa shape index (κ2) is 8.49. The Balaban J connectivity index is 1.86. The Kier molecular flexibility index (Phi) is 6.05. The van der Waals surface area contributed by atoms with Gasteiger partial charge in [0.1, 0.15) is 0 Å². The number of benzene rings is 2. The van der Waals surface area contributed by atoms with Crippen LogP contribution >= 0.6 is 11.3 Å². The van der Waals surface area contributed by atoms with Crippen molar-refractivity contribution in [2.75, 3.05) is 16.2 Å². The smallest absolute Gasteiger partial charge is 0.293 e. The Morgan fingerprint density at radius 2 is 1.64 bits per heavy atom. The molecule has 146 valence electrons. The van der Waals surface area contributed by atoms with Gasteiger partial charge in [0.2, 0.25) is 5.13 Å². The molecule has 28 heavy (non-hydrogen) atoms. The van der Waals surface area contributed by atoms with E-state index in [1.165, 1.54) is 4.31 Å². The highest BCUT2D eigenvalue weighted by molar-refractivity contribution is 7.94. The first-order valence-electron chi connectivity index (χ1n) is 8.65. The van der Waals surface area contributed by atoms with Gasteiger partial charge in [0, 0.05) is 12.1 Å². The van der Waals surface area contributed by atoms with E-state index >= 15 is 0 Å². The molecule has 0 aliphatic carbocycles. The monoisotopic (exact) mass is 416 g/mol. The van der Waals surface area contributed by atoms with Crippen LogP contribution in [0.1, 0.15) is 24.2 Å². The molecule has 1 aromatic heterocycles. The number of para-hydroxylation sites is 1. The van der Waals surface area contributed by atoms with Crippen molar-refractivity contribution in [2.24, 2.45) is 5.92 Å². The van der Waals surface area contributed by atoms with Gasteiger partial charge in [-0.15, -0.1) is 10.2 Å². The van der Waals surface area contributed by atoms with E-state index in [1.807, 2.05) is 19.9 Å². The van der Waals surface area contributed by atoms with Gasteiger partial charge in [-0.25, -0.2) is 0 Å². The highest BCUT2D eigenvalue weighted by Crippen LogP contribution is 2.28. The van der Waals surface area contributed by atoms with E-state index in [1.54, 1.807) is 54.6 Å². The molecule has 2 aromatic carbocycles. The van der Waals surface area contributed by atoms with Gasteiger partial charge in [-0.3, -0.25) is 14.4 Å². The quantitative estimate of drug-likeness (QED) is 0.594. The SMILES string of the molecule is CC(C)CN(c1ccccc1)S(=O)(=O)c1nnc(NC(=O)c2ccccc2)s1. The van der Waals surface area contributed by atoms with Crippen molar-refractivity contribution in [1.82, 2.24) is 10.2 Å². The van der Waals surface area contributed by atoms with E-state index in [-0.39, 0.29) is 21.3 Å². The molecule has 0 saturated carbocycles. The van der Waals surface area contributed by atoms with Crippen molar-refractivity contribution in [3.05, 3.63) is 66.2 Å². The lowest BCUT2D eigenvalue weighted by molar-refractivity contribution is 0.102. The van der Waals surface area contributed by atoms with Crippen LogP contribution in [0.2, 0.25) is 0 Å². The van der Waals surface area contributed by atoms with E-state index in [9.17, 15) is 13.2 Å². The van der Waals surface area contributed by atoms with Crippen molar-refractivity contribution < 1.29 is 13.2 Å². The van der Waals surface area contributed by atoms with Gasteiger partial charge in [-0.2, -0.15) is 8.42 Å². The summed E-state index contributed by atoms with van der Waals surface area (Å²) in [6.45, 7) is 4.19. The summed E-state index contributed by atoms with van der Waals surface area (Å²) in [4.78, 5) is 12.2. The zero-order valence-corrected chi connectivity index (χ0v) is 17.1. The standard InChI is InChI=1S/C19H20N4O3S2/c1-14(2)13-23(16-11-7-4-8-12-16)28(25,26)19-22-21-18(27-19)20-17(24)15-9-5-3-6-10-15/h3-12,14H,13H2,1-2H3,(H,20,21,24). The van der Waals surface area contributed by atoms with Gasteiger partial charge in [0.25, 0.3) is 20.3 Å². The Hall–Kier alpha value is -2.78. The first kappa shape index (κ1) is 20.0. The van der Waals surface area contributed by atoms with Crippen molar-refractivity contribution >= 4 is 38.1 Å². The van der Waals surface area contributed by atoms with Gasteiger partial charge >= 0.3 is 0 Å². The third-order valence-corrected chi connectivity index (χ3v) is 6.73. The number of nitrogens with one attached hydrogen (secondary N) is 1. The van der Waals surface area contributed by atoms with Gasteiger partial charge in [0.05, 0.1) is 5.69 Å². The fraction of sp³-hybridized carbons (Fsp3) is 0.211. The molecule has 0 spiro atoms. The molecule has 1 N–H and O–H groups in total. The largest absolute Gasteiger partial charge is 0.296 e. The van der Waals surface area contributed by atoms with Crippen LogP contribution < -0.4 is 9.62 Å². The average molecular weight is 417 g/mol. The minimum atomic E-state index is -3.90. The number of carbonyl (C=O) groups is 1. The van der Waals surface area contributed by atoms with E-state index in [0.717, 1.165) is 11.3 Å². The number of sulfonamides is 1. The number of carbonyl (C=O) groups excluding carboxylic acids is 1. The summed E-state index contributed by atoms with van der Waals surface area (Å²) in [5.74, 6) is -0.261. The molecule has 0 atom stereocenters. The molecule has 3 rings (SSSR count). The first-order chi connectivity index (χ1) is 13.4. The molecule has 0 radical (unpaired) electrons. The van der Waals surface area contributed by atoms with Crippen LogP contribution in [0.15, 0.2) is 65.0 Å². The molecular formula is C19H20N4O3S2. The zero-order valence-electron chi connectivity index (χ0n) is 15.4. The van der Waals surface area contributed by atoms with Gasteiger partial charge in [-0.1, -0.05) is 61.6 Å². The Labute approximate surface area is 168 Å². The number of nitrogens with zero attached hydrogens (tertiary/aromatic N) is 3. The maximum atomic E-state index is 13.2. The highest BCUT2D eigenvalue weighted by Gasteiger charge is 2.30. The van der Waals surface area contributed by atoms with Crippen molar-refractivity contribution in [2.45, 2.75) is 18.2 Å². The average Bonchev–Trinajstić information content (AvgIpc) is 3.16. The molecule has 1 heterocycles. The number of hydrogen-bond donors (Lipinski definition) is 1. The molecule has 0 unspecified atom stereocenters. The zero-order chi connectivity index (χ0) is 20.1. The maximum Gasteiger partial charge on any atom is 0.293 e. The van der Waals surface area contributed by atoms with Crippen LogP contribution in [0.5, 0.6) is 0 Å². The van der Waals surface area contributed by atoms with E-state index in [4.69, 9.17) is 0 Å². The molecule has 0 aliphatic heterocycles. The third-order valence-electron chi connectivity index (χ3n) is 3.75. The lowest BCUT2D eigenvalue weighted by Gasteiger charge is -2.24. The Morgan fingerprint density at radius 3 is 2.25 bits per heavy atom. The fourth-order valence-corrected chi connectivity index (χ4v) is 5.11. The summed E-state index contributed by atoms with van der Waals surface area (Å²) in [5.41, 5.74) is 1.01. The van der Waals surface area contributed by atoms with E-state index < -0.39 is 10.0 Å². The third kappa shape index (κ3) is 4.55. The van der Waals surface area contributed by atoms with Crippen LogP contribution in [0.4, 0.5) is 10.8 Å². The molecule has 9 heteroatoms. The summed E-state index contributed by atoms with van der Waals surface area (Å²) in [5, 5.41) is 10.4. The van der Waals surface area contributed by atoms with Crippen LogP contribution in [0.25, 0.3) is 0 Å².